The van der Waals surface area contributed by atoms with Gasteiger partial charge in [0.2, 0.25) is 15.9 Å². The van der Waals surface area contributed by atoms with Crippen molar-refractivity contribution in [3.8, 4) is 0 Å². The van der Waals surface area contributed by atoms with E-state index in [9.17, 15) is 13.2 Å². The van der Waals surface area contributed by atoms with Crippen LogP contribution in [0.1, 0.15) is 50.5 Å². The Balaban J connectivity index is 1.94. The molecule has 5 nitrogen and oxygen atoms in total. The highest BCUT2D eigenvalue weighted by Gasteiger charge is 2.21. The molecule has 1 saturated carbocycles. The number of amides is 1. The van der Waals surface area contributed by atoms with Gasteiger partial charge in [0.1, 0.15) is 0 Å². The number of hydrogen-bond donors (Lipinski definition) is 1. The van der Waals surface area contributed by atoms with Gasteiger partial charge in [0.15, 0.2) is 0 Å². The van der Waals surface area contributed by atoms with Crippen molar-refractivity contribution in [3.05, 3.63) is 28.8 Å². The summed E-state index contributed by atoms with van der Waals surface area (Å²) < 4.78 is 25.7. The van der Waals surface area contributed by atoms with Gasteiger partial charge < -0.3 is 5.32 Å². The molecule has 0 heterocycles. The fourth-order valence-corrected chi connectivity index (χ4v) is 4.45. The summed E-state index contributed by atoms with van der Waals surface area (Å²) in [5.74, 6) is 0.00293. The van der Waals surface area contributed by atoms with Gasteiger partial charge in [-0.05, 0) is 43.9 Å². The zero-order valence-corrected chi connectivity index (χ0v) is 16.5. The third kappa shape index (κ3) is 5.89. The molecule has 1 fully saturated rings. The zero-order chi connectivity index (χ0) is 18.4. The summed E-state index contributed by atoms with van der Waals surface area (Å²) >= 11 is 6.12. The molecule has 140 valence electrons. The number of benzene rings is 1. The maximum atomic E-state index is 12.2. The quantitative estimate of drug-likeness (QED) is 0.777. The molecular formula is C18H27ClN2O3S. The van der Waals surface area contributed by atoms with E-state index < -0.39 is 10.0 Å². The summed E-state index contributed by atoms with van der Waals surface area (Å²) in [5, 5.41) is 3.59. The normalized spacial score (nSPS) is 15.8. The Bertz CT molecular complexity index is 700. The smallest absolute Gasteiger partial charge is 0.232 e. The Morgan fingerprint density at radius 1 is 1.28 bits per heavy atom. The molecule has 0 saturated heterocycles. The molecule has 0 spiro atoms. The number of halogens is 1. The van der Waals surface area contributed by atoms with E-state index in [0.717, 1.165) is 18.4 Å². The SMILES string of the molecule is Cc1c(Cl)cccc1N(CCCC(=O)NC1CCCCC1)S(C)(=O)=O. The van der Waals surface area contributed by atoms with E-state index in [1.165, 1.54) is 29.8 Å². The van der Waals surface area contributed by atoms with E-state index in [1.807, 2.05) is 0 Å². The number of nitrogens with one attached hydrogen (secondary N) is 1. The molecule has 2 rings (SSSR count). The van der Waals surface area contributed by atoms with E-state index in [-0.39, 0.29) is 18.5 Å². The van der Waals surface area contributed by atoms with Gasteiger partial charge in [-0.2, -0.15) is 0 Å². The highest BCUT2D eigenvalue weighted by molar-refractivity contribution is 7.92. The molecule has 1 amide bonds. The average molecular weight is 387 g/mol. The summed E-state index contributed by atoms with van der Waals surface area (Å²) in [6, 6.07) is 5.49. The van der Waals surface area contributed by atoms with Crippen molar-refractivity contribution in [2.45, 2.75) is 57.9 Å². The van der Waals surface area contributed by atoms with E-state index in [2.05, 4.69) is 5.32 Å². The van der Waals surface area contributed by atoms with Crippen molar-refractivity contribution in [1.82, 2.24) is 5.32 Å². The summed E-state index contributed by atoms with van der Waals surface area (Å²) in [7, 11) is -3.44. The first-order valence-corrected chi connectivity index (χ1v) is 11.0. The number of rotatable bonds is 7. The topological polar surface area (TPSA) is 66.5 Å². The van der Waals surface area contributed by atoms with Crippen LogP contribution in [0.3, 0.4) is 0 Å². The minimum Gasteiger partial charge on any atom is -0.353 e. The zero-order valence-electron chi connectivity index (χ0n) is 14.9. The number of carbonyl (C=O) groups excluding carboxylic acids is 1. The molecule has 1 aromatic rings. The first kappa shape index (κ1) is 20.0. The number of nitrogens with zero attached hydrogens (tertiary/aromatic N) is 1. The van der Waals surface area contributed by atoms with Gasteiger partial charge in [-0.25, -0.2) is 8.42 Å². The fraction of sp³-hybridized carbons (Fsp3) is 0.611. The largest absolute Gasteiger partial charge is 0.353 e. The van der Waals surface area contributed by atoms with Crippen molar-refractivity contribution in [3.63, 3.8) is 0 Å². The molecule has 0 unspecified atom stereocenters. The monoisotopic (exact) mass is 386 g/mol. The van der Waals surface area contributed by atoms with Gasteiger partial charge in [-0.3, -0.25) is 9.10 Å². The lowest BCUT2D eigenvalue weighted by Crippen LogP contribution is -2.37. The lowest BCUT2D eigenvalue weighted by atomic mass is 9.95. The van der Waals surface area contributed by atoms with Crippen LogP contribution in [-0.2, 0) is 14.8 Å². The third-order valence-electron chi connectivity index (χ3n) is 4.64. The Morgan fingerprint density at radius 2 is 1.96 bits per heavy atom. The van der Waals surface area contributed by atoms with Crippen LogP contribution < -0.4 is 9.62 Å². The fourth-order valence-electron chi connectivity index (χ4n) is 3.26. The van der Waals surface area contributed by atoms with E-state index >= 15 is 0 Å². The Kier molecular flexibility index (Phi) is 7.14. The molecule has 0 radical (unpaired) electrons. The van der Waals surface area contributed by atoms with E-state index in [1.54, 1.807) is 25.1 Å². The number of anilines is 1. The van der Waals surface area contributed by atoms with Gasteiger partial charge in [0.05, 0.1) is 11.9 Å². The van der Waals surface area contributed by atoms with Gasteiger partial charge in [0, 0.05) is 24.0 Å². The number of carbonyl (C=O) groups is 1. The molecule has 0 aromatic heterocycles. The van der Waals surface area contributed by atoms with Crippen LogP contribution in [0.4, 0.5) is 5.69 Å². The van der Waals surface area contributed by atoms with Gasteiger partial charge in [0.25, 0.3) is 0 Å². The molecule has 0 bridgehead atoms. The maximum absolute atomic E-state index is 12.2. The molecule has 7 heteroatoms. The highest BCUT2D eigenvalue weighted by Crippen LogP contribution is 2.28. The van der Waals surface area contributed by atoms with Crippen LogP contribution >= 0.6 is 11.6 Å². The number of sulfonamides is 1. The predicted molar refractivity (Wildman–Crippen MR) is 103 cm³/mol. The van der Waals surface area contributed by atoms with Crippen molar-refractivity contribution < 1.29 is 13.2 Å². The Hall–Kier alpha value is -1.27. The Labute approximate surface area is 155 Å². The molecule has 0 atom stereocenters. The molecule has 1 aliphatic rings. The molecule has 1 aromatic carbocycles. The summed E-state index contributed by atoms with van der Waals surface area (Å²) in [6.45, 7) is 2.06. The molecule has 1 N–H and O–H groups in total. The third-order valence-corrected chi connectivity index (χ3v) is 6.23. The van der Waals surface area contributed by atoms with Crippen LogP contribution in [-0.4, -0.2) is 33.2 Å². The minimum absolute atomic E-state index is 0.00293. The van der Waals surface area contributed by atoms with Gasteiger partial charge >= 0.3 is 0 Å². The second-order valence-electron chi connectivity index (χ2n) is 6.73. The van der Waals surface area contributed by atoms with Crippen LogP contribution in [0.25, 0.3) is 0 Å². The molecule has 1 aliphatic carbocycles. The summed E-state index contributed by atoms with van der Waals surface area (Å²) in [5.41, 5.74) is 1.30. The first-order valence-electron chi connectivity index (χ1n) is 8.81. The maximum Gasteiger partial charge on any atom is 0.232 e. The van der Waals surface area contributed by atoms with Gasteiger partial charge in [-0.1, -0.05) is 36.9 Å². The van der Waals surface area contributed by atoms with Crippen molar-refractivity contribution in [2.24, 2.45) is 0 Å². The van der Waals surface area contributed by atoms with Crippen molar-refractivity contribution in [2.75, 3.05) is 17.1 Å². The summed E-state index contributed by atoms with van der Waals surface area (Å²) in [6.07, 6.45) is 7.64. The van der Waals surface area contributed by atoms with Crippen LogP contribution in [0.5, 0.6) is 0 Å². The lowest BCUT2D eigenvalue weighted by Gasteiger charge is -2.25. The van der Waals surface area contributed by atoms with Gasteiger partial charge in [-0.15, -0.1) is 0 Å². The Morgan fingerprint density at radius 3 is 2.60 bits per heavy atom. The summed E-state index contributed by atoms with van der Waals surface area (Å²) in [4.78, 5) is 12.1. The van der Waals surface area contributed by atoms with Crippen molar-refractivity contribution >= 4 is 33.2 Å². The van der Waals surface area contributed by atoms with E-state index in [0.29, 0.717) is 23.6 Å². The van der Waals surface area contributed by atoms with Crippen LogP contribution in [0.2, 0.25) is 5.02 Å². The van der Waals surface area contributed by atoms with Crippen molar-refractivity contribution in [1.29, 1.82) is 0 Å². The van der Waals surface area contributed by atoms with Crippen LogP contribution in [0, 0.1) is 6.92 Å². The number of hydrogen-bond acceptors (Lipinski definition) is 3. The predicted octanol–water partition coefficient (Wildman–Crippen LogP) is 3.64. The second-order valence-corrected chi connectivity index (χ2v) is 9.04. The lowest BCUT2D eigenvalue weighted by molar-refractivity contribution is -0.122. The second kappa shape index (κ2) is 8.90. The standard InChI is InChI=1S/C18H27ClN2O3S/c1-14-16(19)10-6-11-17(14)21(25(2,23)24)13-7-12-18(22)20-15-8-4-3-5-9-15/h6,10-11,15H,3-5,7-9,12-13H2,1-2H3,(H,20,22). The molecule has 0 aliphatic heterocycles. The van der Waals surface area contributed by atoms with Crippen LogP contribution in [0.15, 0.2) is 18.2 Å². The van der Waals surface area contributed by atoms with E-state index in [4.69, 9.17) is 11.6 Å². The first-order chi connectivity index (χ1) is 11.8. The average Bonchev–Trinajstić information content (AvgIpc) is 2.54. The molecule has 25 heavy (non-hydrogen) atoms. The minimum atomic E-state index is -3.44. The molecular weight excluding hydrogens is 360 g/mol. The highest BCUT2D eigenvalue weighted by atomic mass is 35.5.